The summed E-state index contributed by atoms with van der Waals surface area (Å²) in [5.74, 6) is 0. The van der Waals surface area contributed by atoms with Crippen molar-refractivity contribution in [1.29, 1.82) is 5.41 Å². The summed E-state index contributed by atoms with van der Waals surface area (Å²) in [6.07, 6.45) is 4.10. The lowest BCUT2D eigenvalue weighted by Gasteiger charge is -2.11. The highest BCUT2D eigenvalue weighted by Gasteiger charge is 2.15. The van der Waals surface area contributed by atoms with Gasteiger partial charge in [-0.05, 0) is 17.7 Å². The third kappa shape index (κ3) is 1.84. The summed E-state index contributed by atoms with van der Waals surface area (Å²) in [5.41, 5.74) is 1.82. The fourth-order valence-electron chi connectivity index (χ4n) is 1.53. The summed E-state index contributed by atoms with van der Waals surface area (Å²) in [4.78, 5) is -0.138. The highest BCUT2D eigenvalue weighted by Crippen LogP contribution is 2.22. The van der Waals surface area contributed by atoms with Crippen molar-refractivity contribution in [3.63, 3.8) is 0 Å². The predicted molar refractivity (Wildman–Crippen MR) is 56.7 cm³/mol. The molecule has 0 aromatic heterocycles. The maximum atomic E-state index is 10.9. The second-order valence-corrected chi connectivity index (χ2v) is 4.73. The van der Waals surface area contributed by atoms with Gasteiger partial charge in [0.05, 0.1) is 4.90 Å². The fourth-order valence-corrected chi connectivity index (χ4v) is 2.04. The molecule has 0 heterocycles. The molecule has 0 atom stereocenters. The second-order valence-electron chi connectivity index (χ2n) is 3.31. The third-order valence-electron chi connectivity index (χ3n) is 2.27. The van der Waals surface area contributed by atoms with E-state index in [0.29, 0.717) is 23.3 Å². The molecule has 0 aliphatic heterocycles. The first-order valence-corrected chi connectivity index (χ1v) is 5.78. The van der Waals surface area contributed by atoms with Crippen molar-refractivity contribution in [1.82, 2.24) is 0 Å². The zero-order valence-corrected chi connectivity index (χ0v) is 8.58. The number of hydrogen-bond acceptors (Lipinski definition) is 3. The second kappa shape index (κ2) is 3.29. The molecule has 78 valence electrons. The van der Waals surface area contributed by atoms with E-state index in [-0.39, 0.29) is 4.90 Å². The predicted octanol–water partition coefficient (Wildman–Crippen LogP) is 1.72. The maximum absolute atomic E-state index is 10.9. The van der Waals surface area contributed by atoms with Crippen molar-refractivity contribution < 1.29 is 13.0 Å². The summed E-state index contributed by atoms with van der Waals surface area (Å²) in [5, 5.41) is 7.63. The average molecular weight is 223 g/mol. The van der Waals surface area contributed by atoms with Gasteiger partial charge in [-0.15, -0.1) is 0 Å². The van der Waals surface area contributed by atoms with E-state index in [2.05, 4.69) is 0 Å². The Labute approximate surface area is 87.5 Å². The lowest BCUT2D eigenvalue weighted by molar-refractivity contribution is 0.483. The monoisotopic (exact) mass is 223 g/mol. The van der Waals surface area contributed by atoms with Crippen molar-refractivity contribution >= 4 is 21.9 Å². The molecule has 1 aliphatic rings. The van der Waals surface area contributed by atoms with Gasteiger partial charge in [0.2, 0.25) is 0 Å². The molecule has 0 saturated carbocycles. The minimum absolute atomic E-state index is 0.138. The molecule has 2 rings (SSSR count). The molecule has 1 aliphatic carbocycles. The molecule has 0 unspecified atom stereocenters. The van der Waals surface area contributed by atoms with Gasteiger partial charge in [0.15, 0.2) is 0 Å². The molecule has 0 fully saturated rings. The summed E-state index contributed by atoms with van der Waals surface area (Å²) in [6, 6.07) is 4.22. The first kappa shape index (κ1) is 10.1. The van der Waals surface area contributed by atoms with Gasteiger partial charge in [0, 0.05) is 17.7 Å². The number of rotatable bonds is 1. The maximum Gasteiger partial charge on any atom is 0.294 e. The Bertz CT molecular complexity index is 558. The fraction of sp³-hybridized carbons (Fsp3) is 0.100. The standard InChI is InChI=1S/C10H9NO3S/c11-10-3-1-2-7-6-8(15(12,13)14)4-5-9(7)10/h1-2,4-6,11H,3H2,(H,12,13,14). The van der Waals surface area contributed by atoms with E-state index in [9.17, 15) is 8.42 Å². The first-order valence-electron chi connectivity index (χ1n) is 4.34. The van der Waals surface area contributed by atoms with Crippen LogP contribution in [0.1, 0.15) is 17.5 Å². The molecule has 0 amide bonds. The van der Waals surface area contributed by atoms with Crippen LogP contribution in [0.2, 0.25) is 0 Å². The normalized spacial score (nSPS) is 15.1. The van der Waals surface area contributed by atoms with Gasteiger partial charge in [-0.1, -0.05) is 18.2 Å². The largest absolute Gasteiger partial charge is 0.304 e. The quantitative estimate of drug-likeness (QED) is 0.711. The lowest BCUT2D eigenvalue weighted by atomic mass is 9.96. The molecule has 0 bridgehead atoms. The summed E-state index contributed by atoms with van der Waals surface area (Å²) >= 11 is 0. The van der Waals surface area contributed by atoms with E-state index in [1.807, 2.05) is 0 Å². The molecular weight excluding hydrogens is 214 g/mol. The molecule has 2 N–H and O–H groups in total. The number of allylic oxidation sites excluding steroid dienone is 1. The van der Waals surface area contributed by atoms with Gasteiger partial charge in [-0.2, -0.15) is 8.42 Å². The van der Waals surface area contributed by atoms with Gasteiger partial charge in [0.25, 0.3) is 10.1 Å². The SMILES string of the molecule is N=C1CC=Cc2cc(S(=O)(=O)O)ccc21. The van der Waals surface area contributed by atoms with Gasteiger partial charge >= 0.3 is 0 Å². The Morgan fingerprint density at radius 2 is 2.07 bits per heavy atom. The number of hydrogen-bond donors (Lipinski definition) is 2. The van der Waals surface area contributed by atoms with Gasteiger partial charge in [-0.25, -0.2) is 0 Å². The molecular formula is C10H9NO3S. The number of nitrogens with one attached hydrogen (secondary N) is 1. The van der Waals surface area contributed by atoms with Crippen LogP contribution < -0.4 is 0 Å². The Kier molecular flexibility index (Phi) is 2.21. The van der Waals surface area contributed by atoms with Crippen molar-refractivity contribution in [2.24, 2.45) is 0 Å². The minimum Gasteiger partial charge on any atom is -0.304 e. The van der Waals surface area contributed by atoms with Gasteiger partial charge in [0.1, 0.15) is 0 Å². The van der Waals surface area contributed by atoms with Crippen LogP contribution in [0.3, 0.4) is 0 Å². The summed E-state index contributed by atoms with van der Waals surface area (Å²) in [7, 11) is -4.16. The van der Waals surface area contributed by atoms with Crippen LogP contribution in [0.15, 0.2) is 29.2 Å². The number of fused-ring (bicyclic) bond motifs is 1. The van der Waals surface area contributed by atoms with Crippen LogP contribution in [-0.4, -0.2) is 18.7 Å². The van der Waals surface area contributed by atoms with E-state index < -0.39 is 10.1 Å². The van der Waals surface area contributed by atoms with E-state index in [1.54, 1.807) is 18.2 Å². The topological polar surface area (TPSA) is 78.2 Å². The van der Waals surface area contributed by atoms with Crippen molar-refractivity contribution in [3.05, 3.63) is 35.4 Å². The summed E-state index contributed by atoms with van der Waals surface area (Å²) < 4.78 is 30.6. The van der Waals surface area contributed by atoms with Gasteiger partial charge in [-0.3, -0.25) is 4.55 Å². The third-order valence-corrected chi connectivity index (χ3v) is 3.12. The Hall–Kier alpha value is -1.46. The Balaban J connectivity index is 2.63. The van der Waals surface area contributed by atoms with Crippen LogP contribution in [0.5, 0.6) is 0 Å². The highest BCUT2D eigenvalue weighted by molar-refractivity contribution is 7.85. The molecule has 1 aromatic carbocycles. The Morgan fingerprint density at radius 3 is 2.73 bits per heavy atom. The smallest absolute Gasteiger partial charge is 0.294 e. The number of benzene rings is 1. The molecule has 1 aromatic rings. The molecule has 15 heavy (non-hydrogen) atoms. The highest BCUT2D eigenvalue weighted by atomic mass is 32.2. The molecule has 5 heteroatoms. The molecule has 0 saturated heterocycles. The van der Waals surface area contributed by atoms with Crippen LogP contribution in [-0.2, 0) is 10.1 Å². The van der Waals surface area contributed by atoms with E-state index in [1.165, 1.54) is 12.1 Å². The van der Waals surface area contributed by atoms with Crippen molar-refractivity contribution in [3.8, 4) is 0 Å². The minimum atomic E-state index is -4.16. The van der Waals surface area contributed by atoms with Crippen molar-refractivity contribution in [2.75, 3.05) is 0 Å². The van der Waals surface area contributed by atoms with Crippen molar-refractivity contribution in [2.45, 2.75) is 11.3 Å². The molecule has 0 spiro atoms. The molecule has 4 nitrogen and oxygen atoms in total. The van der Waals surface area contributed by atoms with Crippen LogP contribution in [0, 0.1) is 5.41 Å². The van der Waals surface area contributed by atoms with E-state index in [4.69, 9.17) is 9.96 Å². The first-order chi connectivity index (χ1) is 6.98. The van der Waals surface area contributed by atoms with Gasteiger partial charge < -0.3 is 5.41 Å². The van der Waals surface area contributed by atoms with Crippen LogP contribution in [0.25, 0.3) is 6.08 Å². The van der Waals surface area contributed by atoms with E-state index >= 15 is 0 Å². The Morgan fingerprint density at radius 1 is 1.33 bits per heavy atom. The van der Waals surface area contributed by atoms with Crippen LogP contribution >= 0.6 is 0 Å². The summed E-state index contributed by atoms with van der Waals surface area (Å²) in [6.45, 7) is 0. The van der Waals surface area contributed by atoms with Crippen LogP contribution in [0.4, 0.5) is 0 Å². The molecule has 0 radical (unpaired) electrons. The zero-order valence-electron chi connectivity index (χ0n) is 7.77. The lowest BCUT2D eigenvalue weighted by Crippen LogP contribution is -2.06. The average Bonchev–Trinajstić information content (AvgIpc) is 2.16. The van der Waals surface area contributed by atoms with E-state index in [0.717, 1.165) is 0 Å². The zero-order chi connectivity index (χ0) is 11.1.